The summed E-state index contributed by atoms with van der Waals surface area (Å²) in [6.07, 6.45) is 10.5. The molecule has 0 spiro atoms. The molecule has 2 amide bonds. The third kappa shape index (κ3) is 2.95. The second kappa shape index (κ2) is 6.71. The van der Waals surface area contributed by atoms with Gasteiger partial charge < -0.3 is 10.2 Å². The predicted molar refractivity (Wildman–Crippen MR) is 94.5 cm³/mol. The van der Waals surface area contributed by atoms with Crippen molar-refractivity contribution in [2.45, 2.75) is 19.4 Å². The number of amides is 2. The van der Waals surface area contributed by atoms with E-state index in [1.807, 2.05) is 55.5 Å². The molecule has 1 heterocycles. The number of hydrogen-bond donors (Lipinski definition) is 1. The van der Waals surface area contributed by atoms with Crippen LogP contribution in [-0.4, -0.2) is 29.8 Å². The van der Waals surface area contributed by atoms with E-state index in [4.69, 9.17) is 0 Å². The van der Waals surface area contributed by atoms with Gasteiger partial charge in [-0.15, -0.1) is 0 Å². The maximum Gasteiger partial charge on any atom is 0.322 e. The Morgan fingerprint density at radius 3 is 2.67 bits per heavy atom. The lowest BCUT2D eigenvalue weighted by Crippen LogP contribution is -2.51. The molecule has 4 nitrogen and oxygen atoms in total. The van der Waals surface area contributed by atoms with Gasteiger partial charge in [0.15, 0.2) is 5.78 Å². The van der Waals surface area contributed by atoms with Gasteiger partial charge in [0.25, 0.3) is 0 Å². The molecule has 1 aromatic rings. The van der Waals surface area contributed by atoms with E-state index < -0.39 is 6.04 Å². The molecule has 0 aromatic heterocycles. The van der Waals surface area contributed by atoms with Gasteiger partial charge >= 0.3 is 6.03 Å². The van der Waals surface area contributed by atoms with Gasteiger partial charge in [0.05, 0.1) is 6.04 Å². The fourth-order valence-electron chi connectivity index (χ4n) is 2.96. The lowest BCUT2D eigenvalue weighted by molar-refractivity contribution is 0.102. The van der Waals surface area contributed by atoms with Crippen LogP contribution in [0, 0.1) is 0 Å². The predicted octanol–water partition coefficient (Wildman–Crippen LogP) is 3.61. The summed E-state index contributed by atoms with van der Waals surface area (Å²) < 4.78 is 0. The minimum atomic E-state index is -0.409. The maximum absolute atomic E-state index is 13.1. The Bertz CT molecular complexity index is 785. The molecule has 0 fully saturated rings. The first-order chi connectivity index (χ1) is 11.6. The molecular formula is C20H20N2O2. The molecule has 1 unspecified atom stereocenters. The van der Waals surface area contributed by atoms with Crippen molar-refractivity contribution in [1.29, 1.82) is 0 Å². The van der Waals surface area contributed by atoms with Crippen molar-refractivity contribution in [2.24, 2.45) is 0 Å². The van der Waals surface area contributed by atoms with Gasteiger partial charge in [-0.25, -0.2) is 4.79 Å². The summed E-state index contributed by atoms with van der Waals surface area (Å²) in [4.78, 5) is 26.9. The van der Waals surface area contributed by atoms with E-state index in [0.29, 0.717) is 23.3 Å². The molecule has 1 N–H and O–H groups in total. The van der Waals surface area contributed by atoms with E-state index >= 15 is 0 Å². The minimum absolute atomic E-state index is 0.0527. The molecule has 2 aliphatic rings. The van der Waals surface area contributed by atoms with E-state index in [-0.39, 0.29) is 11.8 Å². The van der Waals surface area contributed by atoms with Crippen LogP contribution in [0.3, 0.4) is 0 Å². The molecule has 1 aliphatic carbocycles. The summed E-state index contributed by atoms with van der Waals surface area (Å²) in [5, 5.41) is 2.97. The average Bonchev–Trinajstić information content (AvgIpc) is 2.89. The summed E-state index contributed by atoms with van der Waals surface area (Å²) in [6, 6.07) is 8.58. The molecule has 0 saturated carbocycles. The molecule has 1 aliphatic heterocycles. The number of ketones is 1. The molecule has 122 valence electrons. The molecular weight excluding hydrogens is 300 g/mol. The Hall–Kier alpha value is -2.88. The van der Waals surface area contributed by atoms with Crippen LogP contribution in [0.4, 0.5) is 4.79 Å². The van der Waals surface area contributed by atoms with Gasteiger partial charge in [0, 0.05) is 23.9 Å². The van der Waals surface area contributed by atoms with Crippen LogP contribution in [0.5, 0.6) is 0 Å². The largest absolute Gasteiger partial charge is 0.327 e. The number of hydrogen-bond acceptors (Lipinski definition) is 2. The normalized spacial score (nSPS) is 20.6. The van der Waals surface area contributed by atoms with Crippen LogP contribution in [0.15, 0.2) is 77.6 Å². The van der Waals surface area contributed by atoms with Crippen LogP contribution in [0.2, 0.25) is 0 Å². The number of urea groups is 1. The zero-order valence-electron chi connectivity index (χ0n) is 13.8. The maximum atomic E-state index is 13.1. The van der Waals surface area contributed by atoms with E-state index in [1.54, 1.807) is 19.2 Å². The van der Waals surface area contributed by atoms with Crippen molar-refractivity contribution in [3.05, 3.63) is 83.1 Å². The van der Waals surface area contributed by atoms with Gasteiger partial charge in [0.2, 0.25) is 0 Å². The monoisotopic (exact) mass is 320 g/mol. The van der Waals surface area contributed by atoms with Crippen molar-refractivity contribution in [3.8, 4) is 0 Å². The number of Topliss-reactive ketones (excluding diaryl/α,β-unsaturated/α-hetero) is 1. The molecule has 4 heteroatoms. The second-order valence-corrected chi connectivity index (χ2v) is 5.89. The van der Waals surface area contributed by atoms with Crippen LogP contribution in [0.25, 0.3) is 0 Å². The lowest BCUT2D eigenvalue weighted by Gasteiger charge is -2.34. The third-order valence-electron chi connectivity index (χ3n) is 4.43. The summed E-state index contributed by atoms with van der Waals surface area (Å²) in [7, 11) is 1.68. The highest BCUT2D eigenvalue weighted by molar-refractivity contribution is 6.11. The molecule has 0 bridgehead atoms. The number of nitrogens with zero attached hydrogens (tertiary/aromatic N) is 1. The fourth-order valence-corrected chi connectivity index (χ4v) is 2.96. The molecule has 1 atom stereocenters. The zero-order chi connectivity index (χ0) is 17.1. The van der Waals surface area contributed by atoms with Gasteiger partial charge in [-0.1, -0.05) is 60.7 Å². The highest BCUT2D eigenvalue weighted by Gasteiger charge is 2.34. The summed E-state index contributed by atoms with van der Waals surface area (Å²) >= 11 is 0. The van der Waals surface area contributed by atoms with Crippen molar-refractivity contribution in [1.82, 2.24) is 10.2 Å². The van der Waals surface area contributed by atoms with Gasteiger partial charge in [-0.2, -0.15) is 0 Å². The highest BCUT2D eigenvalue weighted by atomic mass is 16.2. The third-order valence-corrected chi connectivity index (χ3v) is 4.43. The van der Waals surface area contributed by atoms with E-state index in [1.165, 1.54) is 4.90 Å². The average molecular weight is 320 g/mol. The Labute approximate surface area is 141 Å². The van der Waals surface area contributed by atoms with Gasteiger partial charge in [0.1, 0.15) is 0 Å². The summed E-state index contributed by atoms with van der Waals surface area (Å²) in [5.74, 6) is -0.0527. The van der Waals surface area contributed by atoms with Crippen LogP contribution in [0.1, 0.15) is 23.7 Å². The van der Waals surface area contributed by atoms with Gasteiger partial charge in [-0.05, 0) is 18.9 Å². The number of benzene rings is 1. The second-order valence-electron chi connectivity index (χ2n) is 5.89. The van der Waals surface area contributed by atoms with E-state index in [2.05, 4.69) is 5.32 Å². The SMILES string of the molecule is CC1=C(C(=O)c2ccccc2)C(C2=CC=CC=CC2)NC(=O)N1C. The smallest absolute Gasteiger partial charge is 0.322 e. The lowest BCUT2D eigenvalue weighted by atomic mass is 9.87. The van der Waals surface area contributed by atoms with Crippen LogP contribution < -0.4 is 5.32 Å². The summed E-state index contributed by atoms with van der Waals surface area (Å²) in [6.45, 7) is 1.82. The molecule has 24 heavy (non-hydrogen) atoms. The number of carbonyl (C=O) groups is 2. The van der Waals surface area contributed by atoms with Crippen molar-refractivity contribution >= 4 is 11.8 Å². The summed E-state index contributed by atoms with van der Waals surface area (Å²) in [5.41, 5.74) is 2.94. The van der Waals surface area contributed by atoms with Gasteiger partial charge in [-0.3, -0.25) is 4.79 Å². The number of nitrogens with one attached hydrogen (secondary N) is 1. The molecule has 0 radical (unpaired) electrons. The Morgan fingerprint density at radius 2 is 1.92 bits per heavy atom. The molecule has 3 rings (SSSR count). The van der Waals surface area contributed by atoms with Crippen LogP contribution in [-0.2, 0) is 0 Å². The first-order valence-electron chi connectivity index (χ1n) is 7.96. The van der Waals surface area contributed by atoms with Crippen molar-refractivity contribution in [3.63, 3.8) is 0 Å². The molecule has 0 saturated heterocycles. The first-order valence-corrected chi connectivity index (χ1v) is 7.96. The first kappa shape index (κ1) is 16.0. The minimum Gasteiger partial charge on any atom is -0.327 e. The Kier molecular flexibility index (Phi) is 4.47. The number of rotatable bonds is 3. The fraction of sp³-hybridized carbons (Fsp3) is 0.200. The zero-order valence-corrected chi connectivity index (χ0v) is 13.8. The van der Waals surface area contributed by atoms with Crippen LogP contribution >= 0.6 is 0 Å². The molecule has 1 aromatic carbocycles. The number of carbonyl (C=O) groups excluding carboxylic acids is 2. The van der Waals surface area contributed by atoms with E-state index in [9.17, 15) is 9.59 Å². The number of allylic oxidation sites excluding steroid dienone is 6. The van der Waals surface area contributed by atoms with E-state index in [0.717, 1.165) is 5.57 Å². The quantitative estimate of drug-likeness (QED) is 0.865. The highest BCUT2D eigenvalue weighted by Crippen LogP contribution is 2.28. The van der Waals surface area contributed by atoms with Crippen molar-refractivity contribution < 1.29 is 9.59 Å². The Morgan fingerprint density at radius 1 is 1.17 bits per heavy atom. The Balaban J connectivity index is 2.08. The standard InChI is InChI=1S/C20H20N2O2/c1-14-17(19(23)16-12-8-5-9-13-16)18(21-20(24)22(14)2)15-10-6-3-4-7-11-15/h3-10,12-13,18H,11H2,1-2H3,(H,21,24). The van der Waals surface area contributed by atoms with Crippen molar-refractivity contribution in [2.75, 3.05) is 7.05 Å². The topological polar surface area (TPSA) is 49.4 Å².